The summed E-state index contributed by atoms with van der Waals surface area (Å²) in [6.07, 6.45) is 0. The lowest BCUT2D eigenvalue weighted by Crippen LogP contribution is -1.95. The molecule has 0 aromatic heterocycles. The number of aliphatic imine (C=N–C) groups is 1. The summed E-state index contributed by atoms with van der Waals surface area (Å²) >= 11 is 4.48. The van der Waals surface area contributed by atoms with E-state index in [4.69, 9.17) is 9.47 Å². The van der Waals surface area contributed by atoms with Crippen LogP contribution in [0.25, 0.3) is 11.1 Å². The van der Waals surface area contributed by atoms with E-state index in [0.717, 1.165) is 16.9 Å². The average molecular weight is 271 g/mol. The van der Waals surface area contributed by atoms with E-state index in [-0.39, 0.29) is 6.73 Å². The van der Waals surface area contributed by atoms with Crippen LogP contribution < -0.4 is 9.47 Å². The second-order valence-electron chi connectivity index (χ2n) is 3.75. The molecule has 0 aliphatic carbocycles. The highest BCUT2D eigenvalue weighted by molar-refractivity contribution is 7.78. The van der Waals surface area contributed by atoms with Gasteiger partial charge < -0.3 is 9.47 Å². The van der Waals surface area contributed by atoms with Crippen LogP contribution in [0.5, 0.6) is 11.5 Å². The zero-order chi connectivity index (χ0) is 13.5. The molecule has 0 heterocycles. The Morgan fingerprint density at radius 3 is 2.63 bits per heavy atom. The molecule has 2 aromatic rings. The van der Waals surface area contributed by atoms with Crippen LogP contribution in [-0.4, -0.2) is 19.0 Å². The van der Waals surface area contributed by atoms with Crippen molar-refractivity contribution in [3.63, 3.8) is 0 Å². The number of thiocarbonyl (C=S) groups is 1. The Balaban J connectivity index is 2.29. The Labute approximate surface area is 117 Å². The molecule has 4 heteroatoms. The highest BCUT2D eigenvalue weighted by Crippen LogP contribution is 2.33. The first-order valence-electron chi connectivity index (χ1n) is 5.75. The van der Waals surface area contributed by atoms with E-state index in [2.05, 4.69) is 22.4 Å². The fourth-order valence-corrected chi connectivity index (χ4v) is 1.80. The topological polar surface area (TPSA) is 30.8 Å². The average Bonchev–Trinajstić information content (AvgIpc) is 2.48. The van der Waals surface area contributed by atoms with Crippen molar-refractivity contribution in [1.29, 1.82) is 0 Å². The standard InChI is InChI=1S/C15H13NO2S/c1-17-15-9-13(18-10-16-11-19)7-8-14(15)12-5-3-2-4-6-12/h2-9H,10H2,1H3. The highest BCUT2D eigenvalue weighted by atomic mass is 32.1. The number of ether oxygens (including phenoxy) is 2. The maximum atomic E-state index is 5.40. The van der Waals surface area contributed by atoms with Gasteiger partial charge in [-0.2, -0.15) is 4.99 Å². The molecule has 2 aromatic carbocycles. The summed E-state index contributed by atoms with van der Waals surface area (Å²) in [5.74, 6) is 1.44. The monoisotopic (exact) mass is 271 g/mol. The number of hydrogen-bond acceptors (Lipinski definition) is 4. The van der Waals surface area contributed by atoms with Gasteiger partial charge >= 0.3 is 0 Å². The second kappa shape index (κ2) is 6.69. The minimum Gasteiger partial charge on any atom is -0.496 e. The van der Waals surface area contributed by atoms with Gasteiger partial charge in [0, 0.05) is 11.6 Å². The molecule has 0 saturated heterocycles. The van der Waals surface area contributed by atoms with Gasteiger partial charge in [-0.25, -0.2) is 0 Å². The van der Waals surface area contributed by atoms with Gasteiger partial charge in [0.25, 0.3) is 0 Å². The van der Waals surface area contributed by atoms with Crippen molar-refractivity contribution in [2.75, 3.05) is 13.8 Å². The molecular weight excluding hydrogens is 258 g/mol. The van der Waals surface area contributed by atoms with Crippen LogP contribution in [0.2, 0.25) is 0 Å². The molecule has 0 N–H and O–H groups in total. The maximum Gasteiger partial charge on any atom is 0.188 e. The van der Waals surface area contributed by atoms with E-state index in [0.29, 0.717) is 5.75 Å². The lowest BCUT2D eigenvalue weighted by atomic mass is 10.0. The molecule has 19 heavy (non-hydrogen) atoms. The summed E-state index contributed by atoms with van der Waals surface area (Å²) in [5.41, 5.74) is 2.12. The molecule has 0 fully saturated rings. The smallest absolute Gasteiger partial charge is 0.188 e. The van der Waals surface area contributed by atoms with Crippen molar-refractivity contribution >= 4 is 17.4 Å². The molecule has 96 valence electrons. The molecule has 0 amide bonds. The van der Waals surface area contributed by atoms with E-state index in [1.807, 2.05) is 48.5 Å². The Bertz CT molecular complexity index is 592. The van der Waals surface area contributed by atoms with Crippen LogP contribution in [0.4, 0.5) is 0 Å². The van der Waals surface area contributed by atoms with Gasteiger partial charge in [0.1, 0.15) is 11.5 Å². The van der Waals surface area contributed by atoms with Gasteiger partial charge in [0.15, 0.2) is 6.73 Å². The quantitative estimate of drug-likeness (QED) is 0.612. The molecule has 3 nitrogen and oxygen atoms in total. The first-order chi connectivity index (χ1) is 9.35. The molecule has 0 spiro atoms. The number of hydrogen-bond donors (Lipinski definition) is 0. The Hall–Kier alpha value is -2.16. The van der Waals surface area contributed by atoms with E-state index >= 15 is 0 Å². The van der Waals surface area contributed by atoms with Gasteiger partial charge in [-0.3, -0.25) is 0 Å². The van der Waals surface area contributed by atoms with Gasteiger partial charge in [-0.1, -0.05) is 30.3 Å². The first kappa shape index (κ1) is 13.3. The fourth-order valence-electron chi connectivity index (χ4n) is 1.75. The molecule has 0 aliphatic heterocycles. The summed E-state index contributed by atoms with van der Waals surface area (Å²) in [4.78, 5) is 3.70. The van der Waals surface area contributed by atoms with Crippen LogP contribution in [0.3, 0.4) is 0 Å². The van der Waals surface area contributed by atoms with Crippen molar-refractivity contribution in [1.82, 2.24) is 0 Å². The van der Waals surface area contributed by atoms with Crippen LogP contribution in [0.1, 0.15) is 0 Å². The first-order valence-corrected chi connectivity index (χ1v) is 6.16. The minimum absolute atomic E-state index is 0.164. The fraction of sp³-hybridized carbons (Fsp3) is 0.133. The lowest BCUT2D eigenvalue weighted by Gasteiger charge is -2.11. The molecule has 0 radical (unpaired) electrons. The predicted octanol–water partition coefficient (Wildman–Crippen LogP) is 3.80. The molecule has 2 rings (SSSR count). The van der Waals surface area contributed by atoms with Crippen LogP contribution in [-0.2, 0) is 0 Å². The second-order valence-corrected chi connectivity index (χ2v) is 3.93. The summed E-state index contributed by atoms with van der Waals surface area (Å²) in [6.45, 7) is 0.164. The van der Waals surface area contributed by atoms with Crippen LogP contribution in [0.15, 0.2) is 53.5 Å². The zero-order valence-corrected chi connectivity index (χ0v) is 11.3. The van der Waals surface area contributed by atoms with Crippen molar-refractivity contribution < 1.29 is 9.47 Å². The number of benzene rings is 2. The third-order valence-corrected chi connectivity index (χ3v) is 2.75. The predicted molar refractivity (Wildman–Crippen MR) is 79.0 cm³/mol. The minimum atomic E-state index is 0.164. The van der Waals surface area contributed by atoms with E-state index in [1.165, 1.54) is 0 Å². The van der Waals surface area contributed by atoms with Crippen LogP contribution >= 0.6 is 12.2 Å². The molecule has 0 unspecified atom stereocenters. The van der Waals surface area contributed by atoms with Crippen LogP contribution in [0, 0.1) is 0 Å². The number of rotatable bonds is 5. The van der Waals surface area contributed by atoms with Crippen molar-refractivity contribution in [3.05, 3.63) is 48.5 Å². The van der Waals surface area contributed by atoms with E-state index in [9.17, 15) is 0 Å². The van der Waals surface area contributed by atoms with Gasteiger partial charge in [0.2, 0.25) is 0 Å². The van der Waals surface area contributed by atoms with Gasteiger partial charge in [0.05, 0.1) is 12.3 Å². The van der Waals surface area contributed by atoms with E-state index < -0.39 is 0 Å². The van der Waals surface area contributed by atoms with Crippen molar-refractivity contribution in [2.24, 2.45) is 4.99 Å². The third kappa shape index (κ3) is 3.41. The maximum absolute atomic E-state index is 5.40. The summed E-state index contributed by atoms with van der Waals surface area (Å²) in [7, 11) is 1.64. The number of isothiocyanates is 1. The molecule has 0 saturated carbocycles. The highest BCUT2D eigenvalue weighted by Gasteiger charge is 2.07. The molecule has 0 aliphatic rings. The third-order valence-electron chi connectivity index (χ3n) is 2.62. The zero-order valence-electron chi connectivity index (χ0n) is 10.5. The Morgan fingerprint density at radius 2 is 1.95 bits per heavy atom. The van der Waals surface area contributed by atoms with Crippen molar-refractivity contribution in [3.8, 4) is 22.6 Å². The lowest BCUT2D eigenvalue weighted by molar-refractivity contribution is 0.329. The SMILES string of the molecule is COc1cc(OCN=C=S)ccc1-c1ccccc1. The van der Waals surface area contributed by atoms with Gasteiger partial charge in [-0.15, -0.1) is 0 Å². The van der Waals surface area contributed by atoms with Crippen molar-refractivity contribution in [2.45, 2.75) is 0 Å². The number of nitrogens with zero attached hydrogens (tertiary/aromatic N) is 1. The normalized spacial score (nSPS) is 9.53. The number of methoxy groups -OCH3 is 1. The molecule has 0 bridgehead atoms. The van der Waals surface area contributed by atoms with Gasteiger partial charge in [-0.05, 0) is 29.9 Å². The summed E-state index contributed by atoms with van der Waals surface area (Å²) < 4.78 is 10.8. The Morgan fingerprint density at radius 1 is 1.16 bits per heavy atom. The molecule has 0 atom stereocenters. The summed E-state index contributed by atoms with van der Waals surface area (Å²) in [6, 6.07) is 15.7. The Kier molecular flexibility index (Phi) is 4.67. The van der Waals surface area contributed by atoms with E-state index in [1.54, 1.807) is 7.11 Å². The largest absolute Gasteiger partial charge is 0.496 e. The summed E-state index contributed by atoms with van der Waals surface area (Å²) in [5, 5.41) is 2.26. The molecular formula is C15H13NO2S.